The fraction of sp³-hybridized carbons (Fsp3) is 0.333. The molecule has 0 aliphatic heterocycles. The molecule has 2 amide bonds. The summed E-state index contributed by atoms with van der Waals surface area (Å²) in [7, 11) is 0. The van der Waals surface area contributed by atoms with Gasteiger partial charge in [-0.15, -0.1) is 0 Å². The quantitative estimate of drug-likeness (QED) is 0.761. The molecule has 90 valence electrons. The van der Waals surface area contributed by atoms with Gasteiger partial charge >= 0.3 is 6.03 Å². The van der Waals surface area contributed by atoms with Gasteiger partial charge in [0.2, 0.25) is 0 Å². The van der Waals surface area contributed by atoms with Crippen LogP contribution in [-0.4, -0.2) is 19.1 Å². The summed E-state index contributed by atoms with van der Waals surface area (Å²) in [6.07, 6.45) is 0.862. The zero-order valence-corrected chi connectivity index (χ0v) is 9.37. The van der Waals surface area contributed by atoms with Gasteiger partial charge in [-0.2, -0.15) is 5.26 Å². The highest BCUT2D eigenvalue weighted by molar-refractivity contribution is 5.73. The van der Waals surface area contributed by atoms with E-state index in [2.05, 4.69) is 10.6 Å². The van der Waals surface area contributed by atoms with E-state index in [1.807, 2.05) is 6.07 Å². The van der Waals surface area contributed by atoms with E-state index in [-0.39, 0.29) is 18.3 Å². The summed E-state index contributed by atoms with van der Waals surface area (Å²) in [5.74, 6) is -0.277. The highest BCUT2D eigenvalue weighted by Crippen LogP contribution is 2.03. The Morgan fingerprint density at radius 3 is 2.82 bits per heavy atom. The van der Waals surface area contributed by atoms with Gasteiger partial charge in [-0.25, -0.2) is 9.18 Å². The van der Waals surface area contributed by atoms with Crippen molar-refractivity contribution in [1.82, 2.24) is 10.6 Å². The third-order valence-electron chi connectivity index (χ3n) is 2.11. The zero-order chi connectivity index (χ0) is 12.5. The Balaban J connectivity index is 2.19. The van der Waals surface area contributed by atoms with E-state index in [4.69, 9.17) is 5.26 Å². The third-order valence-corrected chi connectivity index (χ3v) is 2.11. The lowest BCUT2D eigenvalue weighted by Gasteiger charge is -2.06. The molecule has 0 heterocycles. The first-order valence-electron chi connectivity index (χ1n) is 5.35. The molecular formula is C12H14FN3O. The van der Waals surface area contributed by atoms with Crippen molar-refractivity contribution in [1.29, 1.82) is 5.26 Å². The van der Waals surface area contributed by atoms with Crippen LogP contribution in [0.15, 0.2) is 24.3 Å². The summed E-state index contributed by atoms with van der Waals surface area (Å²) in [5.41, 5.74) is 0.835. The minimum absolute atomic E-state index is 0.277. The second kappa shape index (κ2) is 7.23. The molecule has 2 N–H and O–H groups in total. The van der Waals surface area contributed by atoms with Crippen LogP contribution in [0.5, 0.6) is 0 Å². The molecule has 5 heteroatoms. The van der Waals surface area contributed by atoms with Gasteiger partial charge in [-0.1, -0.05) is 12.1 Å². The molecule has 1 rings (SSSR count). The van der Waals surface area contributed by atoms with Crippen molar-refractivity contribution in [2.45, 2.75) is 12.8 Å². The molecule has 0 fully saturated rings. The maximum atomic E-state index is 12.8. The first-order valence-corrected chi connectivity index (χ1v) is 5.35. The average Bonchev–Trinajstić information content (AvgIpc) is 2.29. The van der Waals surface area contributed by atoms with E-state index in [0.717, 1.165) is 5.56 Å². The molecule has 1 aromatic carbocycles. The Morgan fingerprint density at radius 1 is 1.35 bits per heavy atom. The SMILES string of the molecule is N#CCCNC(=O)NCCc1cccc(F)c1. The van der Waals surface area contributed by atoms with Gasteiger partial charge in [0, 0.05) is 13.1 Å². The normalized spacial score (nSPS) is 9.41. The monoisotopic (exact) mass is 235 g/mol. The van der Waals surface area contributed by atoms with Crippen molar-refractivity contribution < 1.29 is 9.18 Å². The topological polar surface area (TPSA) is 64.9 Å². The van der Waals surface area contributed by atoms with Gasteiger partial charge in [0.25, 0.3) is 0 Å². The van der Waals surface area contributed by atoms with Crippen LogP contribution in [-0.2, 0) is 6.42 Å². The van der Waals surface area contributed by atoms with E-state index >= 15 is 0 Å². The van der Waals surface area contributed by atoms with Crippen LogP contribution in [0.3, 0.4) is 0 Å². The second-order valence-corrected chi connectivity index (χ2v) is 3.47. The fourth-order valence-corrected chi connectivity index (χ4v) is 1.31. The Labute approximate surface area is 99.4 Å². The molecule has 1 aromatic rings. The van der Waals surface area contributed by atoms with Gasteiger partial charge in [0.1, 0.15) is 5.82 Å². The second-order valence-electron chi connectivity index (χ2n) is 3.47. The van der Waals surface area contributed by atoms with Gasteiger partial charge in [0.15, 0.2) is 0 Å². The van der Waals surface area contributed by atoms with Crippen molar-refractivity contribution in [3.8, 4) is 6.07 Å². The Hall–Kier alpha value is -2.09. The average molecular weight is 235 g/mol. The van der Waals surface area contributed by atoms with Crippen LogP contribution in [0.4, 0.5) is 9.18 Å². The smallest absolute Gasteiger partial charge is 0.314 e. The molecule has 0 bridgehead atoms. The minimum Gasteiger partial charge on any atom is -0.338 e. The number of benzene rings is 1. The van der Waals surface area contributed by atoms with E-state index in [0.29, 0.717) is 19.5 Å². The molecule has 0 saturated heterocycles. The molecular weight excluding hydrogens is 221 g/mol. The van der Waals surface area contributed by atoms with Crippen molar-refractivity contribution in [3.05, 3.63) is 35.6 Å². The van der Waals surface area contributed by atoms with Gasteiger partial charge < -0.3 is 10.6 Å². The summed E-state index contributed by atoms with van der Waals surface area (Å²) in [5, 5.41) is 13.4. The number of nitriles is 1. The number of carbonyl (C=O) groups is 1. The van der Waals surface area contributed by atoms with Gasteiger partial charge in [-0.3, -0.25) is 0 Å². The van der Waals surface area contributed by atoms with Crippen LogP contribution in [0, 0.1) is 17.1 Å². The van der Waals surface area contributed by atoms with E-state index in [1.54, 1.807) is 12.1 Å². The van der Waals surface area contributed by atoms with Crippen LogP contribution in [0.25, 0.3) is 0 Å². The van der Waals surface area contributed by atoms with Crippen LogP contribution in [0.1, 0.15) is 12.0 Å². The maximum Gasteiger partial charge on any atom is 0.314 e. The van der Waals surface area contributed by atoms with Crippen molar-refractivity contribution in [3.63, 3.8) is 0 Å². The minimum atomic E-state index is -0.309. The van der Waals surface area contributed by atoms with Gasteiger partial charge in [0.05, 0.1) is 12.5 Å². The number of hydrogen-bond acceptors (Lipinski definition) is 2. The molecule has 0 radical (unpaired) electrons. The van der Waals surface area contributed by atoms with Crippen molar-refractivity contribution in [2.24, 2.45) is 0 Å². The Kier molecular flexibility index (Phi) is 5.52. The molecule has 17 heavy (non-hydrogen) atoms. The summed E-state index contributed by atoms with van der Waals surface area (Å²) >= 11 is 0. The van der Waals surface area contributed by atoms with Crippen LogP contribution < -0.4 is 10.6 Å². The van der Waals surface area contributed by atoms with E-state index in [9.17, 15) is 9.18 Å². The lowest BCUT2D eigenvalue weighted by Crippen LogP contribution is -2.37. The number of nitrogens with zero attached hydrogens (tertiary/aromatic N) is 1. The molecule has 0 aliphatic rings. The molecule has 0 spiro atoms. The lowest BCUT2D eigenvalue weighted by atomic mass is 10.1. The fourth-order valence-electron chi connectivity index (χ4n) is 1.31. The summed E-state index contributed by atoms with van der Waals surface area (Å²) in [6, 6.07) is 7.88. The van der Waals surface area contributed by atoms with E-state index in [1.165, 1.54) is 12.1 Å². The van der Waals surface area contributed by atoms with Crippen molar-refractivity contribution in [2.75, 3.05) is 13.1 Å². The molecule has 0 atom stereocenters. The summed E-state index contributed by atoms with van der Waals surface area (Å²) in [4.78, 5) is 11.2. The summed E-state index contributed by atoms with van der Waals surface area (Å²) in [6.45, 7) is 0.768. The number of urea groups is 1. The third kappa shape index (κ3) is 5.52. The van der Waals surface area contributed by atoms with Crippen LogP contribution in [0.2, 0.25) is 0 Å². The number of nitrogens with one attached hydrogen (secondary N) is 2. The van der Waals surface area contributed by atoms with Crippen LogP contribution >= 0.6 is 0 Å². The largest absolute Gasteiger partial charge is 0.338 e. The lowest BCUT2D eigenvalue weighted by molar-refractivity contribution is 0.241. The maximum absolute atomic E-state index is 12.8. The number of halogens is 1. The standard InChI is InChI=1S/C12H14FN3O/c13-11-4-1-3-10(9-11)5-8-16-12(17)15-7-2-6-14/h1,3-4,9H,2,5,7-8H2,(H2,15,16,17). The number of rotatable bonds is 5. The zero-order valence-electron chi connectivity index (χ0n) is 9.37. The number of carbonyl (C=O) groups excluding carboxylic acids is 1. The number of hydrogen-bond donors (Lipinski definition) is 2. The molecule has 0 aromatic heterocycles. The summed E-state index contributed by atoms with van der Waals surface area (Å²) < 4.78 is 12.8. The predicted molar refractivity (Wildman–Crippen MR) is 61.7 cm³/mol. The highest BCUT2D eigenvalue weighted by Gasteiger charge is 1.99. The van der Waals surface area contributed by atoms with Gasteiger partial charge in [-0.05, 0) is 24.1 Å². The Morgan fingerprint density at radius 2 is 2.12 bits per heavy atom. The molecule has 0 unspecified atom stereocenters. The van der Waals surface area contributed by atoms with E-state index < -0.39 is 0 Å². The molecule has 4 nitrogen and oxygen atoms in total. The Bertz CT molecular complexity index is 414. The first-order chi connectivity index (χ1) is 8.22. The molecule has 0 saturated carbocycles. The molecule has 0 aliphatic carbocycles. The first kappa shape index (κ1) is 13.0. The highest BCUT2D eigenvalue weighted by atomic mass is 19.1. The number of amides is 2. The predicted octanol–water partition coefficient (Wildman–Crippen LogP) is 1.58. The van der Waals surface area contributed by atoms with Crippen molar-refractivity contribution >= 4 is 6.03 Å².